The van der Waals surface area contributed by atoms with Crippen LogP contribution in [0.25, 0.3) is 0 Å². The first-order chi connectivity index (χ1) is 4.37. The third kappa shape index (κ3) is 22.5. The van der Waals surface area contributed by atoms with E-state index in [0.29, 0.717) is 0 Å². The maximum atomic E-state index is 5.11. The van der Waals surface area contributed by atoms with E-state index >= 15 is 0 Å². The van der Waals surface area contributed by atoms with E-state index in [1.807, 2.05) is 0 Å². The third-order valence-electron chi connectivity index (χ3n) is 0.143. The highest BCUT2D eigenvalue weighted by molar-refractivity contribution is 9.25. The molecule has 62 valence electrons. The second-order valence-electron chi connectivity index (χ2n) is 0.768. The summed E-state index contributed by atoms with van der Waals surface area (Å²) >= 11 is 31.0. The molecule has 0 spiro atoms. The number of halogens is 7. The van der Waals surface area contributed by atoms with Gasteiger partial charge in [-0.3, -0.25) is 0 Å². The minimum absolute atomic E-state index is 0.0694. The fraction of sp³-hybridized carbons (Fsp3) is 0.333. The van der Waals surface area contributed by atoms with Gasteiger partial charge in [0.05, 0.1) is 0 Å². The number of hydrogen-bond acceptors (Lipinski definition) is 0. The molecule has 0 aliphatic heterocycles. The predicted molar refractivity (Wildman–Crippen MR) is 57.9 cm³/mol. The summed E-state index contributed by atoms with van der Waals surface area (Å²) in [5.74, 6) is 0. The van der Waals surface area contributed by atoms with E-state index in [0.717, 1.165) is 0 Å². The van der Waals surface area contributed by atoms with Crippen LogP contribution in [0.1, 0.15) is 0 Å². The molecule has 0 fully saturated rings. The van der Waals surface area contributed by atoms with Gasteiger partial charge in [-0.15, -0.1) is 0 Å². The van der Waals surface area contributed by atoms with Gasteiger partial charge in [-0.2, -0.15) is 0 Å². The number of alkyl halides is 3. The molecule has 0 amide bonds. The Hall–Kier alpha value is 2.15. The molecule has 0 bridgehead atoms. The highest BCUT2D eigenvalue weighted by Gasteiger charge is 1.88. The van der Waals surface area contributed by atoms with Gasteiger partial charge in [0.2, 0.25) is 0 Å². The van der Waals surface area contributed by atoms with Crippen LogP contribution in [0.5, 0.6) is 0 Å². The van der Waals surface area contributed by atoms with Gasteiger partial charge in [0.15, 0.2) is 0 Å². The summed E-state index contributed by atoms with van der Waals surface area (Å²) in [6.07, 6.45) is 0. The molecule has 0 nitrogen and oxygen atoms in total. The molecule has 0 aromatic heterocycles. The molecule has 0 atom stereocenters. The van der Waals surface area contributed by atoms with Crippen LogP contribution in [0, 0.1) is 0 Å². The van der Waals surface area contributed by atoms with Crippen molar-refractivity contribution in [3.63, 3.8) is 0 Å². The maximum absolute atomic E-state index is 5.11. The summed E-state index contributed by atoms with van der Waals surface area (Å²) < 4.78 is -0.267. The van der Waals surface area contributed by atoms with E-state index < -0.39 is 0 Å². The Morgan fingerprint density at radius 3 is 1.00 bits per heavy atom. The van der Waals surface area contributed by atoms with Gasteiger partial charge < -0.3 is 0 Å². The Kier molecular flexibility index (Phi) is 13.5. The molecule has 0 unspecified atom stereocenters. The van der Waals surface area contributed by atoms with E-state index in [1.54, 1.807) is 0 Å². The molecular weight excluding hydrogens is 373 g/mol. The molecule has 0 aromatic rings. The van der Waals surface area contributed by atoms with E-state index in [1.165, 1.54) is 0 Å². The van der Waals surface area contributed by atoms with Gasteiger partial charge in [-0.05, 0) is 0 Å². The Morgan fingerprint density at radius 1 is 0.900 bits per heavy atom. The van der Waals surface area contributed by atoms with Crippen LogP contribution in [-0.4, -0.2) is 3.20 Å². The number of hydrogen-bond donors (Lipinski definition) is 0. The second-order valence-corrected chi connectivity index (χ2v) is 7.22. The van der Waals surface area contributed by atoms with Crippen molar-refractivity contribution < 1.29 is 0 Å². The summed E-state index contributed by atoms with van der Waals surface area (Å²) in [4.78, 5) is 0. The van der Waals surface area contributed by atoms with E-state index in [9.17, 15) is 0 Å². The highest BCUT2D eigenvalue weighted by atomic mass is 79.9. The summed E-state index contributed by atoms with van der Waals surface area (Å²) in [5, 5.41) is 0. The Bertz CT molecular complexity index is 90.7. The van der Waals surface area contributed by atoms with Gasteiger partial charge >= 0.3 is 0 Å². The summed E-state index contributed by atoms with van der Waals surface area (Å²) in [6.45, 7) is 0. The van der Waals surface area contributed by atoms with Crippen molar-refractivity contribution >= 4 is 89.9 Å². The molecule has 7 heteroatoms. The molecule has 0 rings (SSSR count). The SMILES string of the molecule is ClC(Br)Br.ClC(Cl)=C(Cl)Cl. The largest absolute Gasteiger partial charge is 0.143 e. The molecular formula is C3HBr2Cl5. The van der Waals surface area contributed by atoms with Crippen LogP contribution in [-0.2, 0) is 0 Å². The van der Waals surface area contributed by atoms with Crippen molar-refractivity contribution in [2.45, 2.75) is 3.20 Å². The Labute approximate surface area is 101 Å². The summed E-state index contributed by atoms with van der Waals surface area (Å²) in [6, 6.07) is 0. The van der Waals surface area contributed by atoms with Crippen LogP contribution in [0.3, 0.4) is 0 Å². The lowest BCUT2D eigenvalue weighted by atomic mass is 11.2. The van der Waals surface area contributed by atoms with Gasteiger partial charge in [-0.1, -0.05) is 89.9 Å². The van der Waals surface area contributed by atoms with Crippen LogP contribution in [0.2, 0.25) is 0 Å². The zero-order chi connectivity index (χ0) is 8.73. The smallest absolute Gasteiger partial charge is 0.0977 e. The highest BCUT2D eigenvalue weighted by Crippen LogP contribution is 2.20. The minimum Gasteiger partial charge on any atom is -0.0977 e. The van der Waals surface area contributed by atoms with Crippen molar-refractivity contribution in [2.75, 3.05) is 0 Å². The molecule has 10 heavy (non-hydrogen) atoms. The fourth-order valence-electron chi connectivity index (χ4n) is 0. The van der Waals surface area contributed by atoms with Gasteiger partial charge in [0, 0.05) is 0 Å². The average Bonchev–Trinajstić information content (AvgIpc) is 1.63. The van der Waals surface area contributed by atoms with Crippen molar-refractivity contribution in [1.29, 1.82) is 0 Å². The van der Waals surface area contributed by atoms with Gasteiger partial charge in [-0.25, -0.2) is 0 Å². The minimum atomic E-state index is -0.0988. The van der Waals surface area contributed by atoms with Crippen LogP contribution < -0.4 is 0 Å². The van der Waals surface area contributed by atoms with Crippen LogP contribution in [0.15, 0.2) is 8.98 Å². The molecule has 0 saturated carbocycles. The van der Waals surface area contributed by atoms with Crippen LogP contribution in [0.4, 0.5) is 0 Å². The first-order valence-corrected chi connectivity index (χ1v) is 5.44. The predicted octanol–water partition coefficient (Wildman–Crippen LogP) is 5.37. The fourth-order valence-corrected chi connectivity index (χ4v) is 0. The summed E-state index contributed by atoms with van der Waals surface area (Å²) in [7, 11) is 0. The quantitative estimate of drug-likeness (QED) is 0.501. The zero-order valence-corrected chi connectivity index (χ0v) is 11.2. The topological polar surface area (TPSA) is 0 Å². The normalized spacial score (nSPS) is 8.40. The second kappa shape index (κ2) is 9.24. The van der Waals surface area contributed by atoms with E-state index in [2.05, 4.69) is 31.9 Å². The molecule has 0 aromatic carbocycles. The Balaban J connectivity index is 0. The maximum Gasteiger partial charge on any atom is 0.143 e. The van der Waals surface area contributed by atoms with Crippen LogP contribution >= 0.6 is 89.9 Å². The molecule has 0 radical (unpaired) electrons. The monoisotopic (exact) mass is 370 g/mol. The lowest BCUT2D eigenvalue weighted by Crippen LogP contribution is -1.51. The number of rotatable bonds is 0. The first-order valence-electron chi connectivity index (χ1n) is 1.66. The molecule has 0 saturated heterocycles. The van der Waals surface area contributed by atoms with E-state index in [4.69, 9.17) is 58.0 Å². The standard InChI is InChI=1S/C2Cl4.CHBr2Cl/c3-1(4)2(5)6;2-1(3)4/h;1H. The van der Waals surface area contributed by atoms with Crippen molar-refractivity contribution in [3.8, 4) is 0 Å². The summed E-state index contributed by atoms with van der Waals surface area (Å²) in [5.41, 5.74) is 0. The molecule has 0 heterocycles. The first kappa shape index (κ1) is 14.7. The zero-order valence-electron chi connectivity index (χ0n) is 4.22. The Morgan fingerprint density at radius 2 is 1.00 bits per heavy atom. The van der Waals surface area contributed by atoms with Crippen molar-refractivity contribution in [2.24, 2.45) is 0 Å². The third-order valence-corrected chi connectivity index (χ3v) is 1.29. The molecule has 0 N–H and O–H groups in total. The lowest BCUT2D eigenvalue weighted by Gasteiger charge is -1.75. The molecule has 0 aliphatic carbocycles. The van der Waals surface area contributed by atoms with E-state index in [-0.39, 0.29) is 12.2 Å². The molecule has 0 aliphatic rings. The lowest BCUT2D eigenvalue weighted by molar-refractivity contribution is 2.16. The van der Waals surface area contributed by atoms with Crippen molar-refractivity contribution in [1.82, 2.24) is 0 Å². The van der Waals surface area contributed by atoms with Gasteiger partial charge in [0.1, 0.15) is 12.2 Å². The van der Waals surface area contributed by atoms with Gasteiger partial charge in [0.25, 0.3) is 0 Å². The average molecular weight is 374 g/mol. The van der Waals surface area contributed by atoms with Crippen molar-refractivity contribution in [3.05, 3.63) is 8.98 Å².